The number of carbonyl (C=O) groups excluding carboxylic acids is 1. The molecule has 2 rings (SSSR count). The number of para-hydroxylation sites is 1. The summed E-state index contributed by atoms with van der Waals surface area (Å²) in [5.74, 6) is 0.595. The van der Waals surface area contributed by atoms with Gasteiger partial charge >= 0.3 is 0 Å². The van der Waals surface area contributed by atoms with Gasteiger partial charge in [-0.3, -0.25) is 4.79 Å². The molecule has 1 aromatic rings. The molecule has 0 bridgehead atoms. The van der Waals surface area contributed by atoms with Crippen molar-refractivity contribution in [3.63, 3.8) is 0 Å². The molecule has 2 nitrogen and oxygen atoms in total. The quantitative estimate of drug-likeness (QED) is 0.711. The van der Waals surface area contributed by atoms with E-state index in [9.17, 15) is 9.90 Å². The number of benzene rings is 1. The topological polar surface area (TPSA) is 37.3 Å². The second-order valence-electron chi connectivity index (χ2n) is 4.03. The van der Waals surface area contributed by atoms with Gasteiger partial charge in [0, 0.05) is 11.5 Å². The Morgan fingerprint density at radius 1 is 1.40 bits per heavy atom. The highest BCUT2D eigenvalue weighted by atomic mass is 16.3. The molecule has 1 aromatic carbocycles. The van der Waals surface area contributed by atoms with Crippen LogP contribution >= 0.6 is 0 Å². The van der Waals surface area contributed by atoms with Gasteiger partial charge in [-0.15, -0.1) is 0 Å². The molecule has 1 aliphatic rings. The average Bonchev–Trinajstić information content (AvgIpc) is 2.53. The van der Waals surface area contributed by atoms with Gasteiger partial charge in [-0.25, -0.2) is 0 Å². The number of hydrogen-bond acceptors (Lipinski definition) is 2. The summed E-state index contributed by atoms with van der Waals surface area (Å²) in [6, 6.07) is 7.08. The van der Waals surface area contributed by atoms with Gasteiger partial charge in [-0.2, -0.15) is 0 Å². The minimum atomic E-state index is 0.141. The van der Waals surface area contributed by atoms with Crippen LogP contribution in [0.25, 0.3) is 6.08 Å². The SMILES string of the molecule is CC1CC/C(=C/c2ccccc2O)C1=O. The fourth-order valence-corrected chi connectivity index (χ4v) is 1.88. The van der Waals surface area contributed by atoms with Gasteiger partial charge in [0.2, 0.25) is 0 Å². The zero-order chi connectivity index (χ0) is 10.8. The number of ketones is 1. The van der Waals surface area contributed by atoms with Crippen molar-refractivity contribution in [2.75, 3.05) is 0 Å². The van der Waals surface area contributed by atoms with Gasteiger partial charge in [-0.1, -0.05) is 25.1 Å². The maximum Gasteiger partial charge on any atom is 0.161 e. The summed E-state index contributed by atoms with van der Waals surface area (Å²) in [5, 5.41) is 9.57. The van der Waals surface area contributed by atoms with Crippen LogP contribution in [0.15, 0.2) is 29.8 Å². The molecule has 0 aliphatic heterocycles. The van der Waals surface area contributed by atoms with Crippen molar-refractivity contribution < 1.29 is 9.90 Å². The fourth-order valence-electron chi connectivity index (χ4n) is 1.88. The van der Waals surface area contributed by atoms with Crippen LogP contribution in [0.2, 0.25) is 0 Å². The van der Waals surface area contributed by atoms with E-state index in [2.05, 4.69) is 0 Å². The molecule has 1 aliphatic carbocycles. The zero-order valence-corrected chi connectivity index (χ0v) is 8.73. The van der Waals surface area contributed by atoms with Crippen LogP contribution < -0.4 is 0 Å². The summed E-state index contributed by atoms with van der Waals surface area (Å²) in [6.07, 6.45) is 3.56. The molecule has 1 N–H and O–H groups in total. The normalized spacial score (nSPS) is 23.7. The van der Waals surface area contributed by atoms with Crippen molar-refractivity contribution in [3.05, 3.63) is 35.4 Å². The fraction of sp³-hybridized carbons (Fsp3) is 0.308. The third kappa shape index (κ3) is 1.94. The summed E-state index contributed by atoms with van der Waals surface area (Å²) in [4.78, 5) is 11.7. The van der Waals surface area contributed by atoms with Crippen molar-refractivity contribution in [1.82, 2.24) is 0 Å². The molecule has 1 unspecified atom stereocenters. The second-order valence-corrected chi connectivity index (χ2v) is 4.03. The van der Waals surface area contributed by atoms with E-state index in [1.807, 2.05) is 19.1 Å². The van der Waals surface area contributed by atoms with Gasteiger partial charge in [-0.05, 0) is 30.6 Å². The van der Waals surface area contributed by atoms with Crippen LogP contribution in [0, 0.1) is 5.92 Å². The van der Waals surface area contributed by atoms with E-state index in [1.54, 1.807) is 18.2 Å². The maximum absolute atomic E-state index is 11.7. The van der Waals surface area contributed by atoms with Crippen LogP contribution in [0.4, 0.5) is 0 Å². The highest BCUT2D eigenvalue weighted by Gasteiger charge is 2.25. The van der Waals surface area contributed by atoms with Gasteiger partial charge in [0.05, 0.1) is 0 Å². The van der Waals surface area contributed by atoms with Gasteiger partial charge < -0.3 is 5.11 Å². The number of Topliss-reactive ketones (excluding diaryl/α,β-unsaturated/α-hetero) is 1. The number of phenolic OH excluding ortho intramolecular Hbond substituents is 1. The largest absolute Gasteiger partial charge is 0.507 e. The lowest BCUT2D eigenvalue weighted by Gasteiger charge is -2.00. The van der Waals surface area contributed by atoms with Crippen LogP contribution in [-0.2, 0) is 4.79 Å². The van der Waals surface area contributed by atoms with E-state index in [1.165, 1.54) is 0 Å². The number of rotatable bonds is 1. The number of carbonyl (C=O) groups is 1. The third-order valence-electron chi connectivity index (χ3n) is 2.88. The van der Waals surface area contributed by atoms with Gasteiger partial charge in [0.25, 0.3) is 0 Å². The standard InChI is InChI=1S/C13H14O2/c1-9-6-7-11(13(9)15)8-10-4-2-3-5-12(10)14/h2-5,8-9,14H,6-7H2,1H3/b11-8-. The van der Waals surface area contributed by atoms with Crippen molar-refractivity contribution in [2.24, 2.45) is 5.92 Å². The molecule has 78 valence electrons. The molecular weight excluding hydrogens is 188 g/mol. The number of allylic oxidation sites excluding steroid dienone is 1. The minimum absolute atomic E-state index is 0.141. The molecule has 0 radical (unpaired) electrons. The lowest BCUT2D eigenvalue weighted by atomic mass is 10.1. The Bertz CT molecular complexity index is 418. The van der Waals surface area contributed by atoms with Gasteiger partial charge in [0.15, 0.2) is 5.78 Å². The molecule has 1 saturated carbocycles. The first-order valence-corrected chi connectivity index (χ1v) is 5.21. The average molecular weight is 202 g/mol. The lowest BCUT2D eigenvalue weighted by Crippen LogP contribution is -2.02. The Morgan fingerprint density at radius 2 is 2.13 bits per heavy atom. The zero-order valence-electron chi connectivity index (χ0n) is 8.73. The van der Waals surface area contributed by atoms with Crippen LogP contribution in [0.1, 0.15) is 25.3 Å². The molecule has 0 aromatic heterocycles. The van der Waals surface area contributed by atoms with Crippen LogP contribution in [0.5, 0.6) is 5.75 Å². The van der Waals surface area contributed by atoms with Crippen molar-refractivity contribution in [1.29, 1.82) is 0 Å². The number of aromatic hydroxyl groups is 1. The number of phenols is 1. The molecule has 1 fully saturated rings. The van der Waals surface area contributed by atoms with Crippen molar-refractivity contribution >= 4 is 11.9 Å². The molecule has 0 spiro atoms. The minimum Gasteiger partial charge on any atom is -0.507 e. The molecule has 0 amide bonds. The van der Waals surface area contributed by atoms with E-state index in [4.69, 9.17) is 0 Å². The Kier molecular flexibility index (Phi) is 2.58. The predicted molar refractivity (Wildman–Crippen MR) is 59.5 cm³/mol. The molecule has 1 atom stereocenters. The third-order valence-corrected chi connectivity index (χ3v) is 2.88. The summed E-state index contributed by atoms with van der Waals surface area (Å²) < 4.78 is 0. The molecular formula is C13H14O2. The van der Waals surface area contributed by atoms with E-state index in [0.717, 1.165) is 24.0 Å². The second kappa shape index (κ2) is 3.89. The van der Waals surface area contributed by atoms with Crippen LogP contribution in [-0.4, -0.2) is 10.9 Å². The summed E-state index contributed by atoms with van der Waals surface area (Å²) in [5.41, 5.74) is 1.57. The Balaban J connectivity index is 2.32. The van der Waals surface area contributed by atoms with Gasteiger partial charge in [0.1, 0.15) is 5.75 Å². The first-order chi connectivity index (χ1) is 7.18. The number of hydrogen-bond donors (Lipinski definition) is 1. The first-order valence-electron chi connectivity index (χ1n) is 5.21. The van der Waals surface area contributed by atoms with E-state index in [0.29, 0.717) is 0 Å². The highest BCUT2D eigenvalue weighted by molar-refractivity contribution is 6.03. The molecule has 2 heteroatoms. The summed E-state index contributed by atoms with van der Waals surface area (Å²) in [7, 11) is 0. The maximum atomic E-state index is 11.7. The van der Waals surface area contributed by atoms with E-state index < -0.39 is 0 Å². The van der Waals surface area contributed by atoms with E-state index >= 15 is 0 Å². The summed E-state index contributed by atoms with van der Waals surface area (Å²) >= 11 is 0. The summed E-state index contributed by atoms with van der Waals surface area (Å²) in [6.45, 7) is 1.95. The first kappa shape index (κ1) is 9.97. The van der Waals surface area contributed by atoms with Crippen LogP contribution in [0.3, 0.4) is 0 Å². The Hall–Kier alpha value is -1.57. The molecule has 0 saturated heterocycles. The molecule has 0 heterocycles. The Labute approximate surface area is 89.2 Å². The van der Waals surface area contributed by atoms with Crippen molar-refractivity contribution in [2.45, 2.75) is 19.8 Å². The smallest absolute Gasteiger partial charge is 0.161 e. The van der Waals surface area contributed by atoms with Crippen molar-refractivity contribution in [3.8, 4) is 5.75 Å². The predicted octanol–water partition coefficient (Wildman–Crippen LogP) is 2.77. The monoisotopic (exact) mass is 202 g/mol. The highest BCUT2D eigenvalue weighted by Crippen LogP contribution is 2.29. The Morgan fingerprint density at radius 3 is 2.73 bits per heavy atom. The van der Waals surface area contributed by atoms with E-state index in [-0.39, 0.29) is 17.5 Å². The molecule has 15 heavy (non-hydrogen) atoms. The lowest BCUT2D eigenvalue weighted by molar-refractivity contribution is -0.117.